The molecule has 0 amide bonds. The van der Waals surface area contributed by atoms with Crippen LogP contribution in [0.3, 0.4) is 0 Å². The van der Waals surface area contributed by atoms with E-state index in [0.29, 0.717) is 0 Å². The molecule has 0 aromatic rings. The third-order valence-electron chi connectivity index (χ3n) is 2.30. The number of hydrogen-bond acceptors (Lipinski definition) is 3. The molecular formula is C10H24N2O. The zero-order valence-electron chi connectivity index (χ0n) is 9.21. The number of rotatable bonds is 8. The summed E-state index contributed by atoms with van der Waals surface area (Å²) >= 11 is 0. The molecule has 0 rings (SSSR count). The predicted octanol–water partition coefficient (Wildman–Crippen LogP) is 0.689. The van der Waals surface area contributed by atoms with Crippen LogP contribution < -0.4 is 5.32 Å². The molecular weight excluding hydrogens is 164 g/mol. The van der Waals surface area contributed by atoms with Gasteiger partial charge < -0.3 is 15.3 Å². The molecule has 3 nitrogen and oxygen atoms in total. The van der Waals surface area contributed by atoms with Gasteiger partial charge in [-0.05, 0) is 27.1 Å². The Morgan fingerprint density at radius 2 is 2.08 bits per heavy atom. The summed E-state index contributed by atoms with van der Waals surface area (Å²) in [5.74, 6) is 0. The molecule has 0 aliphatic carbocycles. The molecule has 0 fully saturated rings. The highest BCUT2D eigenvalue weighted by Crippen LogP contribution is 1.97. The van der Waals surface area contributed by atoms with Crippen LogP contribution in [0.2, 0.25) is 0 Å². The standard InChI is InChI=1S/C10H24N2O/c1-4-5-6-7-12(3)8-10(9-13)11-2/h10-11,13H,4-9H2,1-3H3. The Morgan fingerprint density at radius 1 is 1.38 bits per heavy atom. The van der Waals surface area contributed by atoms with E-state index >= 15 is 0 Å². The first-order chi connectivity index (χ1) is 6.24. The van der Waals surface area contributed by atoms with Crippen LogP contribution in [0, 0.1) is 0 Å². The second kappa shape index (κ2) is 8.48. The second-order valence-electron chi connectivity index (χ2n) is 3.64. The van der Waals surface area contributed by atoms with Gasteiger partial charge in [-0.2, -0.15) is 0 Å². The van der Waals surface area contributed by atoms with Crippen LogP contribution >= 0.6 is 0 Å². The smallest absolute Gasteiger partial charge is 0.0597 e. The van der Waals surface area contributed by atoms with Gasteiger partial charge in [0.1, 0.15) is 0 Å². The lowest BCUT2D eigenvalue weighted by Crippen LogP contribution is -2.40. The van der Waals surface area contributed by atoms with E-state index in [1.54, 1.807) is 0 Å². The fraction of sp³-hybridized carbons (Fsp3) is 1.00. The fourth-order valence-corrected chi connectivity index (χ4v) is 1.34. The van der Waals surface area contributed by atoms with Crippen molar-refractivity contribution in [3.8, 4) is 0 Å². The third kappa shape index (κ3) is 6.99. The van der Waals surface area contributed by atoms with Gasteiger partial charge in [0.25, 0.3) is 0 Å². The van der Waals surface area contributed by atoms with Crippen LogP contribution in [0.5, 0.6) is 0 Å². The first-order valence-electron chi connectivity index (χ1n) is 5.21. The maximum absolute atomic E-state index is 8.96. The van der Waals surface area contributed by atoms with E-state index in [0.717, 1.165) is 13.1 Å². The Hall–Kier alpha value is -0.120. The van der Waals surface area contributed by atoms with Gasteiger partial charge in [-0.25, -0.2) is 0 Å². The van der Waals surface area contributed by atoms with Crippen LogP contribution in [-0.2, 0) is 0 Å². The monoisotopic (exact) mass is 188 g/mol. The number of aliphatic hydroxyl groups is 1. The van der Waals surface area contributed by atoms with Crippen molar-refractivity contribution in [3.05, 3.63) is 0 Å². The summed E-state index contributed by atoms with van der Waals surface area (Å²) in [7, 11) is 4.00. The summed E-state index contributed by atoms with van der Waals surface area (Å²) in [6.45, 7) is 4.49. The van der Waals surface area contributed by atoms with E-state index in [2.05, 4.69) is 24.2 Å². The molecule has 0 saturated heterocycles. The molecule has 1 atom stereocenters. The zero-order valence-corrected chi connectivity index (χ0v) is 9.21. The molecule has 0 aliphatic heterocycles. The predicted molar refractivity (Wildman–Crippen MR) is 57.0 cm³/mol. The van der Waals surface area contributed by atoms with Crippen molar-refractivity contribution in [3.63, 3.8) is 0 Å². The highest BCUT2D eigenvalue weighted by atomic mass is 16.3. The first kappa shape index (κ1) is 12.9. The fourth-order valence-electron chi connectivity index (χ4n) is 1.34. The van der Waals surface area contributed by atoms with E-state index in [1.807, 2.05) is 7.05 Å². The largest absolute Gasteiger partial charge is 0.395 e. The molecule has 2 N–H and O–H groups in total. The molecule has 1 unspecified atom stereocenters. The Balaban J connectivity index is 3.42. The summed E-state index contributed by atoms with van der Waals surface area (Å²) in [6.07, 6.45) is 3.83. The van der Waals surface area contributed by atoms with Crippen LogP contribution in [-0.4, -0.2) is 49.8 Å². The van der Waals surface area contributed by atoms with Gasteiger partial charge in [-0.3, -0.25) is 0 Å². The summed E-state index contributed by atoms with van der Waals surface area (Å²) < 4.78 is 0. The number of nitrogens with zero attached hydrogens (tertiary/aromatic N) is 1. The lowest BCUT2D eigenvalue weighted by atomic mass is 10.2. The summed E-state index contributed by atoms with van der Waals surface area (Å²) in [6, 6.07) is 0.214. The van der Waals surface area contributed by atoms with Crippen molar-refractivity contribution < 1.29 is 5.11 Å². The first-order valence-corrected chi connectivity index (χ1v) is 5.21. The summed E-state index contributed by atoms with van der Waals surface area (Å²) in [4.78, 5) is 2.27. The van der Waals surface area contributed by atoms with Gasteiger partial charge in [0.2, 0.25) is 0 Å². The van der Waals surface area contributed by atoms with E-state index in [1.165, 1.54) is 19.3 Å². The highest BCUT2D eigenvalue weighted by molar-refractivity contribution is 4.66. The summed E-state index contributed by atoms with van der Waals surface area (Å²) in [5, 5.41) is 12.0. The molecule has 3 heteroatoms. The lowest BCUT2D eigenvalue weighted by Gasteiger charge is -2.22. The SMILES string of the molecule is CCCCCN(C)CC(CO)NC. The Bertz CT molecular complexity index is 105. The summed E-state index contributed by atoms with van der Waals surface area (Å²) in [5.41, 5.74) is 0. The van der Waals surface area contributed by atoms with Gasteiger partial charge in [-0.15, -0.1) is 0 Å². The molecule has 0 radical (unpaired) electrons. The molecule has 0 aromatic carbocycles. The van der Waals surface area contributed by atoms with E-state index in [-0.39, 0.29) is 12.6 Å². The molecule has 0 bridgehead atoms. The Kier molecular flexibility index (Phi) is 8.40. The topological polar surface area (TPSA) is 35.5 Å². The molecule has 0 spiro atoms. The minimum atomic E-state index is 0.214. The van der Waals surface area contributed by atoms with Crippen molar-refractivity contribution in [2.75, 3.05) is 33.8 Å². The number of hydrogen-bond donors (Lipinski definition) is 2. The van der Waals surface area contributed by atoms with Crippen molar-refractivity contribution >= 4 is 0 Å². The minimum Gasteiger partial charge on any atom is -0.395 e. The molecule has 0 aromatic heterocycles. The second-order valence-corrected chi connectivity index (χ2v) is 3.64. The Labute approximate surface area is 82.1 Å². The highest BCUT2D eigenvalue weighted by Gasteiger charge is 2.06. The normalized spacial score (nSPS) is 13.6. The van der Waals surface area contributed by atoms with Gasteiger partial charge in [-0.1, -0.05) is 19.8 Å². The average molecular weight is 188 g/mol. The van der Waals surface area contributed by atoms with Gasteiger partial charge >= 0.3 is 0 Å². The van der Waals surface area contributed by atoms with E-state index < -0.39 is 0 Å². The number of unbranched alkanes of at least 4 members (excludes halogenated alkanes) is 2. The van der Waals surface area contributed by atoms with Crippen molar-refractivity contribution in [1.29, 1.82) is 0 Å². The minimum absolute atomic E-state index is 0.214. The van der Waals surface area contributed by atoms with Gasteiger partial charge in [0.05, 0.1) is 6.61 Å². The van der Waals surface area contributed by atoms with E-state index in [4.69, 9.17) is 5.11 Å². The molecule has 0 heterocycles. The quantitative estimate of drug-likeness (QED) is 0.550. The molecule has 80 valence electrons. The van der Waals surface area contributed by atoms with Crippen molar-refractivity contribution in [1.82, 2.24) is 10.2 Å². The third-order valence-corrected chi connectivity index (χ3v) is 2.30. The molecule has 0 aliphatic rings. The molecule has 13 heavy (non-hydrogen) atoms. The maximum atomic E-state index is 8.96. The average Bonchev–Trinajstić information content (AvgIpc) is 2.14. The zero-order chi connectivity index (χ0) is 10.1. The van der Waals surface area contributed by atoms with Crippen LogP contribution in [0.1, 0.15) is 26.2 Å². The maximum Gasteiger partial charge on any atom is 0.0597 e. The number of likely N-dealkylation sites (N-methyl/N-ethyl adjacent to an activating group) is 2. The van der Waals surface area contributed by atoms with Crippen molar-refractivity contribution in [2.45, 2.75) is 32.2 Å². The van der Waals surface area contributed by atoms with E-state index in [9.17, 15) is 0 Å². The van der Waals surface area contributed by atoms with Crippen LogP contribution in [0.25, 0.3) is 0 Å². The lowest BCUT2D eigenvalue weighted by molar-refractivity contribution is 0.203. The van der Waals surface area contributed by atoms with Crippen LogP contribution in [0.4, 0.5) is 0 Å². The van der Waals surface area contributed by atoms with Crippen molar-refractivity contribution in [2.24, 2.45) is 0 Å². The van der Waals surface area contributed by atoms with Gasteiger partial charge in [0.15, 0.2) is 0 Å². The number of aliphatic hydroxyl groups excluding tert-OH is 1. The molecule has 0 saturated carbocycles. The van der Waals surface area contributed by atoms with Gasteiger partial charge in [0, 0.05) is 12.6 Å². The number of nitrogens with one attached hydrogen (secondary N) is 1. The Morgan fingerprint density at radius 3 is 2.54 bits per heavy atom. The van der Waals surface area contributed by atoms with Crippen LogP contribution in [0.15, 0.2) is 0 Å².